The maximum atomic E-state index is 13.5. The Morgan fingerprint density at radius 3 is 2.52 bits per heavy atom. The van der Waals surface area contributed by atoms with Crippen molar-refractivity contribution in [1.82, 2.24) is 14.9 Å². The molecule has 3 rings (SSSR count). The number of rotatable bonds is 12. The number of aromatic nitrogens is 2. The predicted molar refractivity (Wildman–Crippen MR) is 150 cm³/mol. The van der Waals surface area contributed by atoms with Gasteiger partial charge in [0.2, 0.25) is 5.82 Å². The lowest BCUT2D eigenvalue weighted by atomic mass is 10.0. The van der Waals surface area contributed by atoms with E-state index in [9.17, 15) is 24.4 Å². The third kappa shape index (κ3) is 8.44. The van der Waals surface area contributed by atoms with Crippen molar-refractivity contribution in [2.24, 2.45) is 0 Å². The first-order chi connectivity index (χ1) is 18.7. The van der Waals surface area contributed by atoms with Crippen LogP contribution in [0.5, 0.6) is 5.75 Å². The lowest BCUT2D eigenvalue weighted by molar-refractivity contribution is -0.394. The van der Waals surface area contributed by atoms with Crippen LogP contribution in [0.2, 0.25) is 5.02 Å². The van der Waals surface area contributed by atoms with Gasteiger partial charge in [0.15, 0.2) is 5.52 Å². The molecule has 40 heavy (non-hydrogen) atoms. The van der Waals surface area contributed by atoms with Crippen molar-refractivity contribution in [3.05, 3.63) is 57.4 Å². The molecule has 0 aliphatic carbocycles. The molecule has 0 saturated heterocycles. The number of ether oxygens (including phenoxy) is 2. The van der Waals surface area contributed by atoms with Gasteiger partial charge in [-0.2, -0.15) is 0 Å². The van der Waals surface area contributed by atoms with Crippen LogP contribution in [0.15, 0.2) is 36.4 Å². The van der Waals surface area contributed by atoms with Gasteiger partial charge in [-0.05, 0) is 81.3 Å². The molecule has 0 saturated carbocycles. The molecule has 1 heterocycles. The van der Waals surface area contributed by atoms with E-state index in [1.54, 1.807) is 39.0 Å². The Kier molecular flexibility index (Phi) is 9.82. The summed E-state index contributed by atoms with van der Waals surface area (Å²) in [6.07, 6.45) is 0.520. The monoisotopic (exact) mass is 577 g/mol. The molecule has 2 N–H and O–H groups in total. The number of carbonyl (C=O) groups is 1. The molecule has 13 heteroatoms. The average molecular weight is 578 g/mol. The van der Waals surface area contributed by atoms with Crippen LogP contribution >= 0.6 is 11.6 Å². The molecule has 2 aromatic carbocycles. The van der Waals surface area contributed by atoms with Gasteiger partial charge in [0.05, 0.1) is 30.2 Å². The lowest BCUT2D eigenvalue weighted by Gasteiger charge is -2.37. The number of hydrogen-bond acceptors (Lipinski definition) is 10. The highest BCUT2D eigenvalue weighted by atomic mass is 35.5. The highest BCUT2D eigenvalue weighted by Gasteiger charge is 2.29. The standard InChI is InChI=1S/C27H33ClFN5O6/c1-26(2,3)40-23(36)15-33(27(4,5)16-35)11-6-12-39-18-8-9-19-22(14-18)31-25(34(37)38)32-24(19)30-17-7-10-21(29)20(28)13-17/h7-10,13-14,35H,6,11-12,15-16H2,1-5H3,(H,30,31,32). The normalized spacial score (nSPS) is 12.0. The van der Waals surface area contributed by atoms with Gasteiger partial charge in [0.1, 0.15) is 17.2 Å². The zero-order chi connectivity index (χ0) is 29.7. The minimum atomic E-state index is -0.710. The lowest BCUT2D eigenvalue weighted by Crippen LogP contribution is -2.50. The van der Waals surface area contributed by atoms with Gasteiger partial charge in [0, 0.05) is 23.8 Å². The first-order valence-electron chi connectivity index (χ1n) is 12.6. The fourth-order valence-corrected chi connectivity index (χ4v) is 3.93. The highest BCUT2D eigenvalue weighted by molar-refractivity contribution is 6.31. The summed E-state index contributed by atoms with van der Waals surface area (Å²) in [6.45, 7) is 9.62. The number of anilines is 2. The van der Waals surface area contributed by atoms with E-state index < -0.39 is 33.8 Å². The molecule has 0 spiro atoms. The Morgan fingerprint density at radius 2 is 1.90 bits per heavy atom. The first-order valence-corrected chi connectivity index (χ1v) is 12.9. The van der Waals surface area contributed by atoms with Crippen LogP contribution in [-0.2, 0) is 9.53 Å². The van der Waals surface area contributed by atoms with Crippen LogP contribution in [-0.4, -0.2) is 68.3 Å². The van der Waals surface area contributed by atoms with Crippen molar-refractivity contribution in [3.8, 4) is 5.75 Å². The second-order valence-electron chi connectivity index (χ2n) is 10.7. The molecule has 3 aromatic rings. The molecule has 0 radical (unpaired) electrons. The summed E-state index contributed by atoms with van der Waals surface area (Å²) in [6, 6.07) is 8.84. The number of fused-ring (bicyclic) bond motifs is 1. The molecule has 0 fully saturated rings. The number of benzene rings is 2. The van der Waals surface area contributed by atoms with Gasteiger partial charge >= 0.3 is 11.9 Å². The minimum Gasteiger partial charge on any atom is -0.493 e. The predicted octanol–water partition coefficient (Wildman–Crippen LogP) is 5.26. The molecular weight excluding hydrogens is 545 g/mol. The zero-order valence-electron chi connectivity index (χ0n) is 23.0. The summed E-state index contributed by atoms with van der Waals surface area (Å²) in [4.78, 5) is 33.0. The number of halogens is 2. The second kappa shape index (κ2) is 12.7. The van der Waals surface area contributed by atoms with Crippen molar-refractivity contribution < 1.29 is 28.7 Å². The maximum Gasteiger partial charge on any atom is 0.471 e. The number of hydrogen-bond donors (Lipinski definition) is 2. The van der Waals surface area contributed by atoms with Crippen molar-refractivity contribution in [2.75, 3.05) is 31.6 Å². The first kappa shape index (κ1) is 30.9. The maximum absolute atomic E-state index is 13.5. The molecule has 0 aliphatic heterocycles. The molecule has 1 aromatic heterocycles. The van der Waals surface area contributed by atoms with Gasteiger partial charge in [-0.25, -0.2) is 4.39 Å². The number of nitro groups is 1. The van der Waals surface area contributed by atoms with E-state index in [-0.39, 0.29) is 36.1 Å². The fourth-order valence-electron chi connectivity index (χ4n) is 3.75. The average Bonchev–Trinajstić information content (AvgIpc) is 2.86. The van der Waals surface area contributed by atoms with Gasteiger partial charge < -0.3 is 30.0 Å². The summed E-state index contributed by atoms with van der Waals surface area (Å²) in [5.74, 6) is -1.03. The highest BCUT2D eigenvalue weighted by Crippen LogP contribution is 2.30. The summed E-state index contributed by atoms with van der Waals surface area (Å²) in [5, 5.41) is 24.6. The summed E-state index contributed by atoms with van der Waals surface area (Å²) < 4.78 is 24.8. The van der Waals surface area contributed by atoms with E-state index in [0.717, 1.165) is 0 Å². The van der Waals surface area contributed by atoms with Crippen molar-refractivity contribution >= 4 is 45.9 Å². The van der Waals surface area contributed by atoms with E-state index in [0.29, 0.717) is 29.8 Å². The summed E-state index contributed by atoms with van der Waals surface area (Å²) >= 11 is 5.85. The number of aliphatic hydroxyl groups excluding tert-OH is 1. The quantitative estimate of drug-likeness (QED) is 0.127. The van der Waals surface area contributed by atoms with E-state index >= 15 is 0 Å². The van der Waals surface area contributed by atoms with Gasteiger partial charge in [-0.3, -0.25) is 9.69 Å². The van der Waals surface area contributed by atoms with E-state index in [1.807, 2.05) is 18.7 Å². The molecule has 216 valence electrons. The third-order valence-electron chi connectivity index (χ3n) is 5.83. The molecular formula is C27H33ClFN5O6. The van der Waals surface area contributed by atoms with Gasteiger partial charge in [0.25, 0.3) is 0 Å². The van der Waals surface area contributed by atoms with Crippen LogP contribution in [0.4, 0.5) is 21.8 Å². The molecule has 0 amide bonds. The van der Waals surface area contributed by atoms with E-state index in [1.165, 1.54) is 18.2 Å². The molecule has 0 atom stereocenters. The van der Waals surface area contributed by atoms with E-state index in [2.05, 4.69) is 15.3 Å². The Balaban J connectivity index is 1.73. The number of esters is 1. The number of nitrogens with zero attached hydrogens (tertiary/aromatic N) is 4. The molecule has 0 unspecified atom stereocenters. The summed E-state index contributed by atoms with van der Waals surface area (Å²) in [7, 11) is 0. The van der Waals surface area contributed by atoms with E-state index in [4.69, 9.17) is 21.1 Å². The fraction of sp³-hybridized carbons (Fsp3) is 0.444. The van der Waals surface area contributed by atoms with Crippen LogP contribution < -0.4 is 10.1 Å². The Morgan fingerprint density at radius 1 is 1.18 bits per heavy atom. The minimum absolute atomic E-state index is 0.0104. The van der Waals surface area contributed by atoms with Gasteiger partial charge in [-0.15, -0.1) is 0 Å². The Bertz CT molecular complexity index is 1380. The topological polar surface area (TPSA) is 140 Å². The SMILES string of the molecule is CC(C)(C)OC(=O)CN(CCCOc1ccc2c(Nc3ccc(F)c(Cl)c3)nc([N+](=O)[O-])nc2c1)C(C)(C)CO. The van der Waals surface area contributed by atoms with Crippen LogP contribution in [0, 0.1) is 15.9 Å². The molecule has 0 aliphatic rings. The van der Waals surface area contributed by atoms with Crippen molar-refractivity contribution in [2.45, 2.75) is 52.2 Å². The molecule has 0 bridgehead atoms. The second-order valence-corrected chi connectivity index (χ2v) is 11.1. The smallest absolute Gasteiger partial charge is 0.471 e. The van der Waals surface area contributed by atoms with Crippen LogP contribution in [0.25, 0.3) is 10.9 Å². The number of nitrogens with one attached hydrogen (secondary N) is 1. The van der Waals surface area contributed by atoms with Crippen molar-refractivity contribution in [1.29, 1.82) is 0 Å². The Hall–Kier alpha value is -3.61. The largest absolute Gasteiger partial charge is 0.493 e. The summed E-state index contributed by atoms with van der Waals surface area (Å²) in [5.41, 5.74) is -0.621. The van der Waals surface area contributed by atoms with Crippen LogP contribution in [0.3, 0.4) is 0 Å². The molecule has 11 nitrogen and oxygen atoms in total. The third-order valence-corrected chi connectivity index (χ3v) is 6.12. The van der Waals surface area contributed by atoms with Crippen molar-refractivity contribution in [3.63, 3.8) is 0 Å². The number of aliphatic hydroxyl groups is 1. The number of carbonyl (C=O) groups excluding carboxylic acids is 1. The van der Waals surface area contributed by atoms with Crippen LogP contribution in [0.1, 0.15) is 41.0 Å². The Labute approximate surface area is 236 Å². The van der Waals surface area contributed by atoms with Gasteiger partial charge in [-0.1, -0.05) is 16.6 Å². The zero-order valence-corrected chi connectivity index (χ0v) is 23.8.